The smallest absolute Gasteiger partial charge is 0.261 e. The molecule has 5 nitrogen and oxygen atoms in total. The minimum absolute atomic E-state index is 0.207. The number of hydrogen-bond donors (Lipinski definition) is 1. The van der Waals surface area contributed by atoms with Crippen molar-refractivity contribution in [3.63, 3.8) is 0 Å². The van der Waals surface area contributed by atoms with E-state index >= 15 is 0 Å². The van der Waals surface area contributed by atoms with Crippen molar-refractivity contribution in [2.45, 2.75) is 32.9 Å². The summed E-state index contributed by atoms with van der Waals surface area (Å²) in [5.41, 5.74) is 0.904. The maximum atomic E-state index is 12.9. The summed E-state index contributed by atoms with van der Waals surface area (Å²) in [4.78, 5) is 26.9. The number of halogens is 3. The van der Waals surface area contributed by atoms with Gasteiger partial charge >= 0.3 is 0 Å². The van der Waals surface area contributed by atoms with Gasteiger partial charge in [-0.1, -0.05) is 58.2 Å². The third-order valence-electron chi connectivity index (χ3n) is 4.23. The number of nitrogens with zero attached hydrogens (tertiary/aromatic N) is 1. The summed E-state index contributed by atoms with van der Waals surface area (Å²) in [5.74, 6) is -0.170. The van der Waals surface area contributed by atoms with Crippen LogP contribution in [0.1, 0.15) is 25.8 Å². The summed E-state index contributed by atoms with van der Waals surface area (Å²) in [6.07, 6.45) is 0.817. The summed E-state index contributed by atoms with van der Waals surface area (Å²) in [6.45, 7) is 4.27. The molecule has 0 saturated carbocycles. The number of carbonyl (C=O) groups is 2. The van der Waals surface area contributed by atoms with Gasteiger partial charge in [0.15, 0.2) is 6.61 Å². The van der Waals surface area contributed by atoms with Gasteiger partial charge in [0.1, 0.15) is 11.8 Å². The highest BCUT2D eigenvalue weighted by atomic mass is 79.9. The zero-order valence-corrected chi connectivity index (χ0v) is 19.4. The van der Waals surface area contributed by atoms with E-state index in [1.807, 2.05) is 31.2 Å². The number of ether oxygens (including phenoxy) is 1. The molecule has 2 aromatic carbocycles. The Morgan fingerprint density at radius 3 is 2.48 bits per heavy atom. The first-order valence-corrected chi connectivity index (χ1v) is 10.8. The molecule has 156 valence electrons. The highest BCUT2D eigenvalue weighted by molar-refractivity contribution is 9.10. The number of amides is 2. The molecule has 0 unspecified atom stereocenters. The van der Waals surface area contributed by atoms with Gasteiger partial charge in [-0.15, -0.1) is 0 Å². The Labute approximate surface area is 189 Å². The number of nitrogens with one attached hydrogen (secondary N) is 1. The zero-order chi connectivity index (χ0) is 21.4. The van der Waals surface area contributed by atoms with Crippen molar-refractivity contribution < 1.29 is 14.3 Å². The van der Waals surface area contributed by atoms with Crippen LogP contribution < -0.4 is 10.1 Å². The van der Waals surface area contributed by atoms with E-state index < -0.39 is 6.04 Å². The summed E-state index contributed by atoms with van der Waals surface area (Å²) in [7, 11) is 0. The number of benzene rings is 2. The maximum absolute atomic E-state index is 12.9. The van der Waals surface area contributed by atoms with Gasteiger partial charge < -0.3 is 15.0 Å². The largest absolute Gasteiger partial charge is 0.482 e. The third kappa shape index (κ3) is 7.21. The first-order valence-electron chi connectivity index (χ1n) is 9.21. The topological polar surface area (TPSA) is 58.6 Å². The molecular formula is C21H23BrCl2N2O3. The van der Waals surface area contributed by atoms with E-state index in [0.717, 1.165) is 16.5 Å². The molecule has 0 heterocycles. The number of carbonyl (C=O) groups excluding carboxylic acids is 2. The molecule has 0 bridgehead atoms. The van der Waals surface area contributed by atoms with E-state index in [9.17, 15) is 9.59 Å². The van der Waals surface area contributed by atoms with Gasteiger partial charge in [0.05, 0.1) is 5.02 Å². The second kappa shape index (κ2) is 11.4. The lowest BCUT2D eigenvalue weighted by Crippen LogP contribution is -2.49. The Morgan fingerprint density at radius 2 is 1.86 bits per heavy atom. The van der Waals surface area contributed by atoms with Crippen molar-refractivity contribution >= 4 is 50.9 Å². The Bertz CT molecular complexity index is 846. The fraction of sp³-hybridized carbons (Fsp3) is 0.333. The molecule has 1 N–H and O–H groups in total. The lowest BCUT2D eigenvalue weighted by Gasteiger charge is -2.28. The molecule has 0 aliphatic heterocycles. The quantitative estimate of drug-likeness (QED) is 0.521. The monoisotopic (exact) mass is 500 g/mol. The predicted molar refractivity (Wildman–Crippen MR) is 119 cm³/mol. The van der Waals surface area contributed by atoms with E-state index in [2.05, 4.69) is 21.2 Å². The molecule has 2 aromatic rings. The van der Waals surface area contributed by atoms with Gasteiger partial charge in [-0.05, 0) is 49.2 Å². The molecule has 0 aliphatic carbocycles. The Morgan fingerprint density at radius 1 is 1.17 bits per heavy atom. The van der Waals surface area contributed by atoms with Gasteiger partial charge in [0.25, 0.3) is 5.91 Å². The second-order valence-electron chi connectivity index (χ2n) is 6.48. The summed E-state index contributed by atoms with van der Waals surface area (Å²) >= 11 is 15.4. The molecule has 0 fully saturated rings. The SMILES string of the molecule is CCCNC(=O)[C@@H](C)N(Cc1ccc(Br)cc1)C(=O)COc1ccc(Cl)cc1Cl. The van der Waals surface area contributed by atoms with Crippen LogP contribution >= 0.6 is 39.1 Å². The Hall–Kier alpha value is -1.76. The molecule has 1 atom stereocenters. The molecule has 29 heavy (non-hydrogen) atoms. The van der Waals surface area contributed by atoms with Crippen molar-refractivity contribution in [3.8, 4) is 5.75 Å². The lowest BCUT2D eigenvalue weighted by molar-refractivity contribution is -0.142. The van der Waals surface area contributed by atoms with Gasteiger partial charge in [0.2, 0.25) is 5.91 Å². The normalized spacial score (nSPS) is 11.6. The van der Waals surface area contributed by atoms with Crippen LogP contribution in [-0.4, -0.2) is 35.9 Å². The van der Waals surface area contributed by atoms with E-state index in [4.69, 9.17) is 27.9 Å². The van der Waals surface area contributed by atoms with Crippen LogP contribution in [0.15, 0.2) is 46.9 Å². The zero-order valence-electron chi connectivity index (χ0n) is 16.3. The van der Waals surface area contributed by atoms with E-state index in [1.165, 1.54) is 4.90 Å². The van der Waals surface area contributed by atoms with Crippen LogP contribution in [0.2, 0.25) is 10.0 Å². The predicted octanol–water partition coefficient (Wildman–Crippen LogP) is 5.08. The van der Waals surface area contributed by atoms with Crippen molar-refractivity contribution in [1.29, 1.82) is 0 Å². The molecule has 8 heteroatoms. The van der Waals surface area contributed by atoms with Crippen molar-refractivity contribution in [3.05, 3.63) is 62.5 Å². The summed E-state index contributed by atoms with van der Waals surface area (Å²) in [6, 6.07) is 11.7. The fourth-order valence-corrected chi connectivity index (χ4v) is 3.31. The molecule has 2 rings (SSSR count). The first-order chi connectivity index (χ1) is 13.8. The summed E-state index contributed by atoms with van der Waals surface area (Å²) in [5, 5.41) is 3.63. The van der Waals surface area contributed by atoms with E-state index in [0.29, 0.717) is 22.3 Å². The highest BCUT2D eigenvalue weighted by Crippen LogP contribution is 2.27. The van der Waals surface area contributed by atoms with Gasteiger partial charge in [0, 0.05) is 22.6 Å². The van der Waals surface area contributed by atoms with Crippen LogP contribution in [0.3, 0.4) is 0 Å². The number of hydrogen-bond acceptors (Lipinski definition) is 3. The maximum Gasteiger partial charge on any atom is 0.261 e. The molecule has 2 amide bonds. The molecular weight excluding hydrogens is 479 g/mol. The van der Waals surface area contributed by atoms with Gasteiger partial charge in [-0.2, -0.15) is 0 Å². The van der Waals surface area contributed by atoms with Crippen molar-refractivity contribution in [1.82, 2.24) is 10.2 Å². The van der Waals surface area contributed by atoms with Gasteiger partial charge in [-0.3, -0.25) is 9.59 Å². The van der Waals surface area contributed by atoms with Crippen LogP contribution in [-0.2, 0) is 16.1 Å². The molecule has 0 saturated heterocycles. The lowest BCUT2D eigenvalue weighted by atomic mass is 10.1. The highest BCUT2D eigenvalue weighted by Gasteiger charge is 2.26. The van der Waals surface area contributed by atoms with Crippen molar-refractivity contribution in [2.24, 2.45) is 0 Å². The van der Waals surface area contributed by atoms with Crippen LogP contribution in [0, 0.1) is 0 Å². The summed E-state index contributed by atoms with van der Waals surface area (Å²) < 4.78 is 6.52. The first kappa shape index (κ1) is 23.5. The van der Waals surface area contributed by atoms with Crippen molar-refractivity contribution in [2.75, 3.05) is 13.2 Å². The fourth-order valence-electron chi connectivity index (χ4n) is 2.58. The average Bonchev–Trinajstić information content (AvgIpc) is 2.70. The Kier molecular flexibility index (Phi) is 9.27. The van der Waals surface area contributed by atoms with Crippen LogP contribution in [0.4, 0.5) is 0 Å². The minimum atomic E-state index is -0.651. The Balaban J connectivity index is 2.14. The molecule has 0 radical (unpaired) electrons. The van der Waals surface area contributed by atoms with Gasteiger partial charge in [-0.25, -0.2) is 0 Å². The minimum Gasteiger partial charge on any atom is -0.482 e. The van der Waals surface area contributed by atoms with Crippen LogP contribution in [0.5, 0.6) is 5.75 Å². The molecule has 0 aliphatic rings. The number of rotatable bonds is 9. The molecule has 0 aromatic heterocycles. The average molecular weight is 502 g/mol. The van der Waals surface area contributed by atoms with Crippen LogP contribution in [0.25, 0.3) is 0 Å². The van der Waals surface area contributed by atoms with E-state index in [-0.39, 0.29) is 25.0 Å². The van der Waals surface area contributed by atoms with E-state index in [1.54, 1.807) is 25.1 Å². The standard InChI is InChI=1S/C21H23BrCl2N2O3/c1-3-10-25-21(28)14(2)26(12-15-4-6-16(22)7-5-15)20(27)13-29-19-9-8-17(23)11-18(19)24/h4-9,11,14H,3,10,12-13H2,1-2H3,(H,25,28)/t14-/m1/s1. The molecule has 0 spiro atoms. The third-order valence-corrected chi connectivity index (χ3v) is 5.29. The second-order valence-corrected chi connectivity index (χ2v) is 8.24.